The summed E-state index contributed by atoms with van der Waals surface area (Å²) in [7, 11) is 0. The van der Waals surface area contributed by atoms with Crippen molar-refractivity contribution in [3.63, 3.8) is 0 Å². The van der Waals surface area contributed by atoms with Crippen LogP contribution < -0.4 is 5.32 Å². The standard InChI is InChI=1S/C15H30N2O2/c1-6-7-9-16-13-8-10-17(12(2)11-13)14(18)19-15(3,4)5/h12-13,16H,6-11H2,1-5H3. The molecule has 4 heteroatoms. The Morgan fingerprint density at radius 2 is 2.11 bits per heavy atom. The lowest BCUT2D eigenvalue weighted by molar-refractivity contribution is 0.00940. The number of ether oxygens (including phenoxy) is 1. The Kier molecular flexibility index (Phi) is 6.11. The second kappa shape index (κ2) is 7.13. The zero-order chi connectivity index (χ0) is 14.5. The molecule has 112 valence electrons. The fourth-order valence-corrected chi connectivity index (χ4v) is 2.43. The minimum Gasteiger partial charge on any atom is -0.444 e. The molecule has 2 unspecified atom stereocenters. The van der Waals surface area contributed by atoms with Gasteiger partial charge < -0.3 is 15.0 Å². The van der Waals surface area contributed by atoms with Crippen molar-refractivity contribution in [2.24, 2.45) is 0 Å². The van der Waals surface area contributed by atoms with E-state index in [0.29, 0.717) is 6.04 Å². The molecule has 1 heterocycles. The number of hydrogen-bond acceptors (Lipinski definition) is 3. The molecule has 0 aromatic heterocycles. The molecular formula is C15H30N2O2. The average molecular weight is 270 g/mol. The van der Waals surface area contributed by atoms with Gasteiger partial charge in [0.25, 0.3) is 0 Å². The van der Waals surface area contributed by atoms with Crippen LogP contribution in [0.2, 0.25) is 0 Å². The first kappa shape index (κ1) is 16.3. The predicted molar refractivity (Wildman–Crippen MR) is 78.3 cm³/mol. The van der Waals surface area contributed by atoms with Crippen LogP contribution in [0.15, 0.2) is 0 Å². The summed E-state index contributed by atoms with van der Waals surface area (Å²) in [4.78, 5) is 13.9. The fourth-order valence-electron chi connectivity index (χ4n) is 2.43. The summed E-state index contributed by atoms with van der Waals surface area (Å²) in [6, 6.07) is 0.794. The number of carbonyl (C=O) groups excluding carboxylic acids is 1. The maximum atomic E-state index is 12.1. The van der Waals surface area contributed by atoms with Crippen molar-refractivity contribution in [1.29, 1.82) is 0 Å². The third-order valence-electron chi connectivity index (χ3n) is 3.47. The molecular weight excluding hydrogens is 240 g/mol. The molecule has 0 saturated carbocycles. The smallest absolute Gasteiger partial charge is 0.410 e. The van der Waals surface area contributed by atoms with Gasteiger partial charge in [0.2, 0.25) is 0 Å². The van der Waals surface area contributed by atoms with E-state index in [1.165, 1.54) is 12.8 Å². The van der Waals surface area contributed by atoms with Crippen LogP contribution in [0.5, 0.6) is 0 Å². The monoisotopic (exact) mass is 270 g/mol. The Bertz CT molecular complexity index is 286. The first-order chi connectivity index (χ1) is 8.83. The quantitative estimate of drug-likeness (QED) is 0.798. The molecule has 1 amide bonds. The van der Waals surface area contributed by atoms with Crippen LogP contribution in [-0.2, 0) is 4.74 Å². The van der Waals surface area contributed by atoms with Crippen LogP contribution in [0.3, 0.4) is 0 Å². The SMILES string of the molecule is CCCCNC1CCN(C(=O)OC(C)(C)C)C(C)C1. The van der Waals surface area contributed by atoms with Crippen molar-refractivity contribution < 1.29 is 9.53 Å². The second-order valence-electron chi connectivity index (χ2n) is 6.55. The van der Waals surface area contributed by atoms with E-state index in [2.05, 4.69) is 19.2 Å². The van der Waals surface area contributed by atoms with Crippen LogP contribution in [0.1, 0.15) is 60.3 Å². The van der Waals surface area contributed by atoms with Crippen LogP contribution in [0.25, 0.3) is 0 Å². The van der Waals surface area contributed by atoms with E-state index in [0.717, 1.165) is 25.9 Å². The van der Waals surface area contributed by atoms with E-state index in [4.69, 9.17) is 4.74 Å². The number of unbranched alkanes of at least 4 members (excludes halogenated alkanes) is 1. The Balaban J connectivity index is 2.39. The van der Waals surface area contributed by atoms with Gasteiger partial charge in [0.05, 0.1) is 0 Å². The Morgan fingerprint density at radius 1 is 1.42 bits per heavy atom. The van der Waals surface area contributed by atoms with Crippen molar-refractivity contribution >= 4 is 6.09 Å². The van der Waals surface area contributed by atoms with Gasteiger partial charge in [0, 0.05) is 18.6 Å². The molecule has 1 rings (SSSR count). The number of hydrogen-bond donors (Lipinski definition) is 1. The van der Waals surface area contributed by atoms with E-state index in [1.54, 1.807) is 0 Å². The number of piperidine rings is 1. The molecule has 1 aliphatic heterocycles. The van der Waals surface area contributed by atoms with Crippen LogP contribution in [0.4, 0.5) is 4.79 Å². The number of nitrogens with one attached hydrogen (secondary N) is 1. The van der Waals surface area contributed by atoms with E-state index in [-0.39, 0.29) is 12.1 Å². The minimum atomic E-state index is -0.410. The highest BCUT2D eigenvalue weighted by atomic mass is 16.6. The van der Waals surface area contributed by atoms with Gasteiger partial charge in [0.1, 0.15) is 5.60 Å². The third kappa shape index (κ3) is 5.81. The van der Waals surface area contributed by atoms with Gasteiger partial charge in [-0.05, 0) is 53.5 Å². The number of rotatable bonds is 4. The van der Waals surface area contributed by atoms with Gasteiger partial charge in [-0.2, -0.15) is 0 Å². The Morgan fingerprint density at radius 3 is 2.63 bits per heavy atom. The molecule has 0 radical (unpaired) electrons. The topological polar surface area (TPSA) is 41.6 Å². The molecule has 0 bridgehead atoms. The number of amides is 1. The molecule has 4 nitrogen and oxygen atoms in total. The summed E-state index contributed by atoms with van der Waals surface area (Å²) in [6.45, 7) is 11.9. The largest absolute Gasteiger partial charge is 0.444 e. The molecule has 19 heavy (non-hydrogen) atoms. The van der Waals surface area contributed by atoms with Crippen LogP contribution >= 0.6 is 0 Å². The van der Waals surface area contributed by atoms with Crippen molar-refractivity contribution in [1.82, 2.24) is 10.2 Å². The number of likely N-dealkylation sites (tertiary alicyclic amines) is 1. The lowest BCUT2D eigenvalue weighted by Gasteiger charge is -2.38. The molecule has 1 fully saturated rings. The van der Waals surface area contributed by atoms with Gasteiger partial charge in [0.15, 0.2) is 0 Å². The zero-order valence-corrected chi connectivity index (χ0v) is 13.2. The van der Waals surface area contributed by atoms with Gasteiger partial charge in [-0.25, -0.2) is 4.79 Å². The molecule has 0 aliphatic carbocycles. The first-order valence-electron chi connectivity index (χ1n) is 7.56. The van der Waals surface area contributed by atoms with E-state index in [1.807, 2.05) is 25.7 Å². The highest BCUT2D eigenvalue weighted by molar-refractivity contribution is 5.68. The fraction of sp³-hybridized carbons (Fsp3) is 0.933. The summed E-state index contributed by atoms with van der Waals surface area (Å²) in [5.41, 5.74) is -0.410. The van der Waals surface area contributed by atoms with Gasteiger partial charge in [-0.1, -0.05) is 13.3 Å². The first-order valence-corrected chi connectivity index (χ1v) is 7.56. The number of nitrogens with zero attached hydrogens (tertiary/aromatic N) is 1. The predicted octanol–water partition coefficient (Wildman–Crippen LogP) is 3.16. The molecule has 0 aromatic rings. The van der Waals surface area contributed by atoms with Gasteiger partial charge in [-0.15, -0.1) is 0 Å². The highest BCUT2D eigenvalue weighted by Gasteiger charge is 2.31. The van der Waals surface area contributed by atoms with Crippen molar-refractivity contribution in [3.05, 3.63) is 0 Å². The van der Waals surface area contributed by atoms with E-state index in [9.17, 15) is 4.79 Å². The second-order valence-corrected chi connectivity index (χ2v) is 6.55. The number of carbonyl (C=O) groups is 1. The van der Waals surface area contributed by atoms with Gasteiger partial charge in [-0.3, -0.25) is 0 Å². The average Bonchev–Trinajstić information content (AvgIpc) is 2.27. The van der Waals surface area contributed by atoms with Gasteiger partial charge >= 0.3 is 6.09 Å². The van der Waals surface area contributed by atoms with Crippen LogP contribution in [-0.4, -0.2) is 41.8 Å². The van der Waals surface area contributed by atoms with Crippen molar-refractivity contribution in [2.45, 2.75) is 78.0 Å². The maximum Gasteiger partial charge on any atom is 0.410 e. The summed E-state index contributed by atoms with van der Waals surface area (Å²) >= 11 is 0. The molecule has 1 aliphatic rings. The lowest BCUT2D eigenvalue weighted by atomic mass is 9.98. The van der Waals surface area contributed by atoms with Crippen molar-refractivity contribution in [3.8, 4) is 0 Å². The summed E-state index contributed by atoms with van der Waals surface area (Å²) in [5.74, 6) is 0. The Labute approximate surface area is 117 Å². The summed E-state index contributed by atoms with van der Waals surface area (Å²) < 4.78 is 5.45. The highest BCUT2D eigenvalue weighted by Crippen LogP contribution is 2.20. The summed E-state index contributed by atoms with van der Waals surface area (Å²) in [5, 5.41) is 3.58. The maximum absolute atomic E-state index is 12.1. The normalized spacial score (nSPS) is 24.4. The Hall–Kier alpha value is -0.770. The molecule has 0 spiro atoms. The molecule has 0 aromatic carbocycles. The lowest BCUT2D eigenvalue weighted by Crippen LogP contribution is -2.51. The molecule has 2 atom stereocenters. The van der Waals surface area contributed by atoms with Crippen molar-refractivity contribution in [2.75, 3.05) is 13.1 Å². The molecule has 1 saturated heterocycles. The van der Waals surface area contributed by atoms with E-state index < -0.39 is 5.60 Å². The van der Waals surface area contributed by atoms with E-state index >= 15 is 0 Å². The minimum absolute atomic E-state index is 0.174. The third-order valence-corrected chi connectivity index (χ3v) is 3.47. The zero-order valence-electron chi connectivity index (χ0n) is 13.2. The van der Waals surface area contributed by atoms with Crippen LogP contribution in [0, 0.1) is 0 Å². The summed E-state index contributed by atoms with van der Waals surface area (Å²) in [6.07, 6.45) is 4.31. The molecule has 1 N–H and O–H groups in total.